The van der Waals surface area contributed by atoms with E-state index in [2.05, 4.69) is 17.2 Å². The van der Waals surface area contributed by atoms with E-state index in [1.807, 2.05) is 0 Å². The number of hydrogen-bond donors (Lipinski definition) is 2. The summed E-state index contributed by atoms with van der Waals surface area (Å²) in [4.78, 5) is 14.5. The molecule has 0 spiro atoms. The first-order valence-corrected chi connectivity index (χ1v) is 4.66. The van der Waals surface area contributed by atoms with Crippen molar-refractivity contribution in [2.24, 2.45) is 0 Å². The molecule has 0 atom stereocenters. The molecule has 4 heteroatoms. The maximum absolute atomic E-state index is 10.6. The zero-order chi connectivity index (χ0) is 10.4. The number of nitrogens with one attached hydrogen (secondary N) is 1. The highest BCUT2D eigenvalue weighted by atomic mass is 16.4. The van der Waals surface area contributed by atoms with Crippen molar-refractivity contribution in [1.82, 2.24) is 4.98 Å². The first-order chi connectivity index (χ1) is 6.74. The van der Waals surface area contributed by atoms with E-state index in [4.69, 9.17) is 5.11 Å². The van der Waals surface area contributed by atoms with Crippen LogP contribution in [-0.2, 0) is 0 Å². The van der Waals surface area contributed by atoms with Gasteiger partial charge in [0.2, 0.25) is 0 Å². The molecule has 14 heavy (non-hydrogen) atoms. The number of carboxylic acid groups (broad SMARTS) is 1. The van der Waals surface area contributed by atoms with E-state index >= 15 is 0 Å². The molecule has 0 radical (unpaired) electrons. The molecule has 1 aromatic heterocycles. The SMILES string of the molecule is CCCCNc1cncc(C(=O)O)c1. The van der Waals surface area contributed by atoms with Gasteiger partial charge in [0, 0.05) is 18.9 Å². The highest BCUT2D eigenvalue weighted by Crippen LogP contribution is 2.08. The molecule has 1 heterocycles. The molecule has 0 amide bonds. The summed E-state index contributed by atoms with van der Waals surface area (Å²) in [6.45, 7) is 2.95. The predicted molar refractivity (Wildman–Crippen MR) is 54.6 cm³/mol. The number of anilines is 1. The van der Waals surface area contributed by atoms with Crippen LogP contribution in [0.5, 0.6) is 0 Å². The van der Waals surface area contributed by atoms with Crippen molar-refractivity contribution >= 4 is 11.7 Å². The lowest BCUT2D eigenvalue weighted by atomic mass is 10.2. The highest BCUT2D eigenvalue weighted by Gasteiger charge is 2.02. The molecule has 4 nitrogen and oxygen atoms in total. The van der Waals surface area contributed by atoms with Gasteiger partial charge in [-0.2, -0.15) is 0 Å². The number of carboxylic acids is 1. The Labute approximate surface area is 83.0 Å². The molecule has 0 unspecified atom stereocenters. The van der Waals surface area contributed by atoms with Crippen LogP contribution in [0.25, 0.3) is 0 Å². The number of aromatic nitrogens is 1. The molecule has 0 saturated carbocycles. The summed E-state index contributed by atoms with van der Waals surface area (Å²) in [6, 6.07) is 1.59. The Kier molecular flexibility index (Phi) is 3.91. The minimum absolute atomic E-state index is 0.214. The number of aromatic carboxylic acids is 1. The van der Waals surface area contributed by atoms with Crippen molar-refractivity contribution in [2.45, 2.75) is 19.8 Å². The molecule has 0 aliphatic heterocycles. The van der Waals surface area contributed by atoms with Gasteiger partial charge in [-0.05, 0) is 12.5 Å². The average Bonchev–Trinajstić information content (AvgIpc) is 2.19. The van der Waals surface area contributed by atoms with E-state index in [0.717, 1.165) is 25.1 Å². The van der Waals surface area contributed by atoms with Gasteiger partial charge in [-0.3, -0.25) is 4.98 Å². The van der Waals surface area contributed by atoms with Gasteiger partial charge in [0.05, 0.1) is 11.3 Å². The minimum Gasteiger partial charge on any atom is -0.478 e. The van der Waals surface area contributed by atoms with Gasteiger partial charge in [0.25, 0.3) is 0 Å². The van der Waals surface area contributed by atoms with Crippen molar-refractivity contribution in [1.29, 1.82) is 0 Å². The van der Waals surface area contributed by atoms with Crippen molar-refractivity contribution in [3.8, 4) is 0 Å². The van der Waals surface area contributed by atoms with Gasteiger partial charge in [0.15, 0.2) is 0 Å². The molecule has 1 rings (SSSR count). The van der Waals surface area contributed by atoms with Crippen LogP contribution in [0.4, 0.5) is 5.69 Å². The summed E-state index contributed by atoms with van der Waals surface area (Å²) >= 11 is 0. The van der Waals surface area contributed by atoms with Gasteiger partial charge >= 0.3 is 5.97 Å². The van der Waals surface area contributed by atoms with Crippen LogP contribution in [0.15, 0.2) is 18.5 Å². The van der Waals surface area contributed by atoms with Gasteiger partial charge < -0.3 is 10.4 Å². The minimum atomic E-state index is -0.948. The van der Waals surface area contributed by atoms with E-state index in [0.29, 0.717) is 0 Å². The summed E-state index contributed by atoms with van der Waals surface area (Å²) in [5.41, 5.74) is 0.977. The maximum atomic E-state index is 10.6. The molecule has 0 saturated heterocycles. The van der Waals surface area contributed by atoms with Crippen molar-refractivity contribution < 1.29 is 9.90 Å². The van der Waals surface area contributed by atoms with Crippen LogP contribution in [0.2, 0.25) is 0 Å². The second-order valence-electron chi connectivity index (χ2n) is 3.05. The van der Waals surface area contributed by atoms with Crippen LogP contribution < -0.4 is 5.32 Å². The number of rotatable bonds is 5. The molecule has 0 bridgehead atoms. The topological polar surface area (TPSA) is 62.2 Å². The fourth-order valence-electron chi connectivity index (χ4n) is 1.06. The maximum Gasteiger partial charge on any atom is 0.337 e. The summed E-state index contributed by atoms with van der Waals surface area (Å²) in [5, 5.41) is 11.8. The van der Waals surface area contributed by atoms with Crippen molar-refractivity contribution in [3.05, 3.63) is 24.0 Å². The van der Waals surface area contributed by atoms with Crippen molar-refractivity contribution in [3.63, 3.8) is 0 Å². The van der Waals surface area contributed by atoms with Crippen molar-refractivity contribution in [2.75, 3.05) is 11.9 Å². The Morgan fingerprint density at radius 1 is 1.57 bits per heavy atom. The van der Waals surface area contributed by atoms with Crippen LogP contribution in [0.1, 0.15) is 30.1 Å². The second kappa shape index (κ2) is 5.21. The van der Waals surface area contributed by atoms with Gasteiger partial charge in [-0.15, -0.1) is 0 Å². The lowest BCUT2D eigenvalue weighted by molar-refractivity contribution is 0.0696. The van der Waals surface area contributed by atoms with E-state index in [1.165, 1.54) is 6.20 Å². The Morgan fingerprint density at radius 3 is 3.00 bits per heavy atom. The van der Waals surface area contributed by atoms with E-state index < -0.39 is 5.97 Å². The number of pyridine rings is 1. The third-order valence-corrected chi connectivity index (χ3v) is 1.84. The Balaban J connectivity index is 2.59. The highest BCUT2D eigenvalue weighted by molar-refractivity contribution is 5.88. The predicted octanol–water partition coefficient (Wildman–Crippen LogP) is 1.99. The smallest absolute Gasteiger partial charge is 0.337 e. The summed E-state index contributed by atoms with van der Waals surface area (Å²) in [7, 11) is 0. The molecule has 0 aromatic carbocycles. The molecule has 0 aliphatic rings. The number of unbranched alkanes of at least 4 members (excludes halogenated alkanes) is 1. The first kappa shape index (κ1) is 10.5. The molecular formula is C10H14N2O2. The number of carbonyl (C=O) groups is 1. The van der Waals surface area contributed by atoms with E-state index in [1.54, 1.807) is 12.3 Å². The normalized spacial score (nSPS) is 9.79. The Bertz CT molecular complexity index is 313. The molecular weight excluding hydrogens is 180 g/mol. The largest absolute Gasteiger partial charge is 0.478 e. The monoisotopic (exact) mass is 194 g/mol. The summed E-state index contributed by atoms with van der Waals surface area (Å²) in [5.74, 6) is -0.948. The van der Waals surface area contributed by atoms with Crippen LogP contribution in [0.3, 0.4) is 0 Å². The van der Waals surface area contributed by atoms with E-state index in [9.17, 15) is 4.79 Å². The third-order valence-electron chi connectivity index (χ3n) is 1.84. The van der Waals surface area contributed by atoms with Crippen LogP contribution in [-0.4, -0.2) is 22.6 Å². The zero-order valence-corrected chi connectivity index (χ0v) is 8.16. The number of nitrogens with zero attached hydrogens (tertiary/aromatic N) is 1. The molecule has 1 aromatic rings. The molecule has 2 N–H and O–H groups in total. The fraction of sp³-hybridized carbons (Fsp3) is 0.400. The van der Waals surface area contributed by atoms with Gasteiger partial charge in [0.1, 0.15) is 0 Å². The average molecular weight is 194 g/mol. The van der Waals surface area contributed by atoms with Crippen LogP contribution >= 0.6 is 0 Å². The molecule has 0 fully saturated rings. The lowest BCUT2D eigenvalue weighted by Crippen LogP contribution is -2.03. The fourth-order valence-corrected chi connectivity index (χ4v) is 1.06. The van der Waals surface area contributed by atoms with Gasteiger partial charge in [-0.1, -0.05) is 13.3 Å². The lowest BCUT2D eigenvalue weighted by Gasteiger charge is -2.04. The molecule has 76 valence electrons. The van der Waals surface area contributed by atoms with Gasteiger partial charge in [-0.25, -0.2) is 4.79 Å². The summed E-state index contributed by atoms with van der Waals surface area (Å²) < 4.78 is 0. The second-order valence-corrected chi connectivity index (χ2v) is 3.05. The van der Waals surface area contributed by atoms with E-state index in [-0.39, 0.29) is 5.56 Å². The summed E-state index contributed by atoms with van der Waals surface area (Å²) in [6.07, 6.45) is 5.14. The van der Waals surface area contributed by atoms with Crippen LogP contribution in [0, 0.1) is 0 Å². The quantitative estimate of drug-likeness (QED) is 0.704. The number of hydrogen-bond acceptors (Lipinski definition) is 3. The third kappa shape index (κ3) is 3.05. The Hall–Kier alpha value is -1.58. The Morgan fingerprint density at radius 2 is 2.36 bits per heavy atom. The molecule has 0 aliphatic carbocycles. The first-order valence-electron chi connectivity index (χ1n) is 4.66. The zero-order valence-electron chi connectivity index (χ0n) is 8.16. The standard InChI is InChI=1S/C10H14N2O2/c1-2-3-4-12-9-5-8(10(13)14)6-11-7-9/h5-7,12H,2-4H2,1H3,(H,13,14).